The van der Waals surface area contributed by atoms with Crippen LogP contribution in [0.25, 0.3) is 0 Å². The van der Waals surface area contributed by atoms with E-state index in [1.54, 1.807) is 6.07 Å². The Morgan fingerprint density at radius 3 is 2.12 bits per heavy atom. The predicted octanol–water partition coefficient (Wildman–Crippen LogP) is 5.45. The predicted molar refractivity (Wildman–Crippen MR) is 70.4 cm³/mol. The summed E-state index contributed by atoms with van der Waals surface area (Å²) in [4.78, 5) is 0. The molecule has 16 heavy (non-hydrogen) atoms. The molecule has 1 heteroatoms. The summed E-state index contributed by atoms with van der Waals surface area (Å²) in [7, 11) is 0. The van der Waals surface area contributed by atoms with Crippen LogP contribution in [0.1, 0.15) is 64.0 Å². The first-order chi connectivity index (χ1) is 7.69. The minimum atomic E-state index is -0.0295. The van der Waals surface area contributed by atoms with Gasteiger partial charge in [-0.1, -0.05) is 51.8 Å². The van der Waals surface area contributed by atoms with Gasteiger partial charge in [-0.05, 0) is 37.3 Å². The van der Waals surface area contributed by atoms with E-state index in [1.165, 1.54) is 19.3 Å². The van der Waals surface area contributed by atoms with Crippen molar-refractivity contribution in [3.05, 3.63) is 35.1 Å². The number of rotatable bonds is 1. The highest BCUT2D eigenvalue weighted by atomic mass is 19.1. The lowest BCUT2D eigenvalue weighted by molar-refractivity contribution is 0.610. The normalized spacial score (nSPS) is 13.1. The van der Waals surface area contributed by atoms with E-state index in [9.17, 15) is 4.39 Å². The van der Waals surface area contributed by atoms with Crippen molar-refractivity contribution < 1.29 is 4.39 Å². The van der Waals surface area contributed by atoms with Crippen molar-refractivity contribution in [1.82, 2.24) is 0 Å². The highest BCUT2D eigenvalue weighted by Crippen LogP contribution is 2.41. The third-order valence-electron chi connectivity index (χ3n) is 2.17. The zero-order valence-corrected chi connectivity index (χ0v) is 11.3. The first-order valence-corrected chi connectivity index (χ1v) is 6.45. The molecule has 0 aliphatic heterocycles. The molecular weight excluding hydrogens is 199 g/mol. The molecule has 0 atom stereocenters. The lowest BCUT2D eigenvalue weighted by atomic mass is 10.1. The molecule has 0 bridgehead atoms. The van der Waals surface area contributed by atoms with E-state index in [1.807, 2.05) is 32.9 Å². The SMILES string of the molecule is CC.CCC.Cc1ccc(F)c(C2CC2)c1. The largest absolute Gasteiger partial charge is 0.207 e. The molecule has 1 fully saturated rings. The topological polar surface area (TPSA) is 0 Å². The van der Waals surface area contributed by atoms with Crippen LogP contribution in [0.15, 0.2) is 18.2 Å². The molecule has 1 aromatic rings. The van der Waals surface area contributed by atoms with Gasteiger partial charge in [0.05, 0.1) is 0 Å². The fourth-order valence-corrected chi connectivity index (χ4v) is 1.37. The van der Waals surface area contributed by atoms with Gasteiger partial charge in [-0.25, -0.2) is 4.39 Å². The molecule has 1 aliphatic rings. The van der Waals surface area contributed by atoms with E-state index < -0.39 is 0 Å². The Kier molecular flexibility index (Phi) is 7.88. The monoisotopic (exact) mass is 224 g/mol. The molecule has 1 saturated carbocycles. The Bertz CT molecular complexity index is 287. The quantitative estimate of drug-likeness (QED) is 0.594. The van der Waals surface area contributed by atoms with Gasteiger partial charge in [0.25, 0.3) is 0 Å². The van der Waals surface area contributed by atoms with E-state index in [-0.39, 0.29) is 5.82 Å². The molecule has 0 N–H and O–H groups in total. The second kappa shape index (κ2) is 8.32. The van der Waals surface area contributed by atoms with Crippen molar-refractivity contribution in [3.63, 3.8) is 0 Å². The average Bonchev–Trinajstić information content (AvgIpc) is 3.10. The van der Waals surface area contributed by atoms with E-state index in [0.29, 0.717) is 5.92 Å². The maximum absolute atomic E-state index is 13.1. The van der Waals surface area contributed by atoms with E-state index in [0.717, 1.165) is 11.1 Å². The molecule has 0 heterocycles. The standard InChI is InChI=1S/C10H11F.C3H8.C2H6/c1-7-2-5-10(11)9(6-7)8-3-4-8;1-3-2;1-2/h2,5-6,8H,3-4H2,1H3;3H2,1-2H3;1-2H3. The third-order valence-corrected chi connectivity index (χ3v) is 2.17. The van der Waals surface area contributed by atoms with Gasteiger partial charge in [-0.15, -0.1) is 0 Å². The van der Waals surface area contributed by atoms with E-state index >= 15 is 0 Å². The van der Waals surface area contributed by atoms with E-state index in [4.69, 9.17) is 0 Å². The van der Waals surface area contributed by atoms with Gasteiger partial charge in [0.2, 0.25) is 0 Å². The van der Waals surface area contributed by atoms with Crippen LogP contribution in [-0.4, -0.2) is 0 Å². The highest BCUT2D eigenvalue weighted by Gasteiger charge is 2.26. The summed E-state index contributed by atoms with van der Waals surface area (Å²) >= 11 is 0. The van der Waals surface area contributed by atoms with Gasteiger partial charge < -0.3 is 0 Å². The summed E-state index contributed by atoms with van der Waals surface area (Å²) in [5.74, 6) is 0.494. The van der Waals surface area contributed by atoms with Gasteiger partial charge in [0.15, 0.2) is 0 Å². The maximum Gasteiger partial charge on any atom is 0.126 e. The van der Waals surface area contributed by atoms with Crippen LogP contribution in [0, 0.1) is 12.7 Å². The van der Waals surface area contributed by atoms with Gasteiger partial charge in [0, 0.05) is 0 Å². The molecule has 0 saturated heterocycles. The molecule has 0 amide bonds. The fraction of sp³-hybridized carbons (Fsp3) is 0.600. The zero-order valence-electron chi connectivity index (χ0n) is 11.3. The van der Waals surface area contributed by atoms with Crippen molar-refractivity contribution >= 4 is 0 Å². The van der Waals surface area contributed by atoms with Crippen LogP contribution in [0.4, 0.5) is 4.39 Å². The Morgan fingerprint density at radius 1 is 1.19 bits per heavy atom. The molecule has 0 radical (unpaired) electrons. The van der Waals surface area contributed by atoms with Crippen LogP contribution in [-0.2, 0) is 0 Å². The van der Waals surface area contributed by atoms with Crippen LogP contribution in [0.5, 0.6) is 0 Å². The summed E-state index contributed by atoms with van der Waals surface area (Å²) in [6.45, 7) is 10.3. The second-order valence-electron chi connectivity index (χ2n) is 4.01. The summed E-state index contributed by atoms with van der Waals surface area (Å²) in [6.07, 6.45) is 3.58. The van der Waals surface area contributed by atoms with E-state index in [2.05, 4.69) is 13.8 Å². The summed E-state index contributed by atoms with van der Waals surface area (Å²) in [6, 6.07) is 5.36. The van der Waals surface area contributed by atoms with Crippen LogP contribution < -0.4 is 0 Å². The molecule has 0 nitrogen and oxygen atoms in total. The van der Waals surface area contributed by atoms with Crippen LogP contribution >= 0.6 is 0 Å². The number of hydrogen-bond donors (Lipinski definition) is 0. The molecule has 1 aliphatic carbocycles. The Hall–Kier alpha value is -0.850. The van der Waals surface area contributed by atoms with Crippen molar-refractivity contribution in [1.29, 1.82) is 0 Å². The number of benzene rings is 1. The van der Waals surface area contributed by atoms with Crippen LogP contribution in [0.2, 0.25) is 0 Å². The molecule has 0 aromatic heterocycles. The van der Waals surface area contributed by atoms with Crippen molar-refractivity contribution in [2.45, 2.75) is 59.8 Å². The highest BCUT2D eigenvalue weighted by molar-refractivity contribution is 5.29. The second-order valence-corrected chi connectivity index (χ2v) is 4.01. The zero-order chi connectivity index (χ0) is 12.6. The number of halogens is 1. The molecular formula is C15H25F. The van der Waals surface area contributed by atoms with Crippen molar-refractivity contribution in [3.8, 4) is 0 Å². The Labute approximate surface area is 99.9 Å². The lowest BCUT2D eigenvalue weighted by Gasteiger charge is -2.00. The maximum atomic E-state index is 13.1. The molecule has 0 unspecified atom stereocenters. The molecule has 0 spiro atoms. The minimum Gasteiger partial charge on any atom is -0.207 e. The Morgan fingerprint density at radius 2 is 1.69 bits per heavy atom. The molecule has 92 valence electrons. The first kappa shape index (κ1) is 15.2. The van der Waals surface area contributed by atoms with Gasteiger partial charge in [0.1, 0.15) is 5.82 Å². The third kappa shape index (κ3) is 5.29. The minimum absolute atomic E-state index is 0.0295. The summed E-state index contributed by atoms with van der Waals surface area (Å²) in [5.41, 5.74) is 2.08. The number of aryl methyl sites for hydroxylation is 1. The number of hydrogen-bond acceptors (Lipinski definition) is 0. The van der Waals surface area contributed by atoms with Gasteiger partial charge in [-0.2, -0.15) is 0 Å². The summed E-state index contributed by atoms with van der Waals surface area (Å²) < 4.78 is 13.1. The Balaban J connectivity index is 0.000000394. The van der Waals surface area contributed by atoms with Gasteiger partial charge in [-0.3, -0.25) is 0 Å². The summed E-state index contributed by atoms with van der Waals surface area (Å²) in [5, 5.41) is 0. The van der Waals surface area contributed by atoms with Crippen molar-refractivity contribution in [2.24, 2.45) is 0 Å². The van der Waals surface area contributed by atoms with Crippen molar-refractivity contribution in [2.75, 3.05) is 0 Å². The first-order valence-electron chi connectivity index (χ1n) is 6.45. The van der Waals surface area contributed by atoms with Crippen LogP contribution in [0.3, 0.4) is 0 Å². The smallest absolute Gasteiger partial charge is 0.126 e. The average molecular weight is 224 g/mol. The fourth-order valence-electron chi connectivity index (χ4n) is 1.37. The lowest BCUT2D eigenvalue weighted by Crippen LogP contribution is -1.87. The van der Waals surface area contributed by atoms with Gasteiger partial charge >= 0.3 is 0 Å². The molecule has 1 aromatic carbocycles. The molecule has 2 rings (SSSR count).